The Morgan fingerprint density at radius 2 is 2.16 bits per heavy atom. The molecule has 0 amide bonds. The van der Waals surface area contributed by atoms with Crippen molar-refractivity contribution in [1.82, 2.24) is 14.5 Å². The van der Waals surface area contributed by atoms with Crippen molar-refractivity contribution in [3.63, 3.8) is 0 Å². The van der Waals surface area contributed by atoms with Gasteiger partial charge in [-0.1, -0.05) is 0 Å². The van der Waals surface area contributed by atoms with E-state index in [9.17, 15) is 14.3 Å². The van der Waals surface area contributed by atoms with Crippen molar-refractivity contribution in [2.45, 2.75) is 37.5 Å². The average molecular weight is 436 g/mol. The number of pyridine rings is 2. The maximum absolute atomic E-state index is 14.7. The summed E-state index contributed by atoms with van der Waals surface area (Å²) in [4.78, 5) is 18.6. The van der Waals surface area contributed by atoms with Crippen molar-refractivity contribution in [3.05, 3.63) is 63.8 Å². The van der Waals surface area contributed by atoms with E-state index in [1.165, 1.54) is 17.8 Å². The summed E-state index contributed by atoms with van der Waals surface area (Å²) in [5.41, 5.74) is 3.90. The number of fused-ring (bicyclic) bond motifs is 1. The van der Waals surface area contributed by atoms with Crippen LogP contribution in [0.4, 0.5) is 10.1 Å². The molecular weight excluding hydrogens is 411 g/mol. The zero-order valence-electron chi connectivity index (χ0n) is 17.6. The number of hydrogen-bond donors (Lipinski definition) is 2. The highest BCUT2D eigenvalue weighted by atomic mass is 19.1. The van der Waals surface area contributed by atoms with Crippen molar-refractivity contribution < 1.29 is 14.2 Å². The molecule has 7 nitrogen and oxygen atoms in total. The largest absolute Gasteiger partial charge is 0.493 e. The number of aromatic nitrogens is 2. The molecule has 6 rings (SSSR count). The van der Waals surface area contributed by atoms with Crippen LogP contribution in [0.1, 0.15) is 23.5 Å². The summed E-state index contributed by atoms with van der Waals surface area (Å²) in [6.07, 6.45) is 2.40. The highest BCUT2D eigenvalue weighted by molar-refractivity contribution is 5.80. The molecule has 0 radical (unpaired) electrons. The number of piperidine rings is 1. The predicted molar refractivity (Wildman–Crippen MR) is 119 cm³/mol. The van der Waals surface area contributed by atoms with E-state index in [-0.39, 0.29) is 23.3 Å². The molecule has 0 aliphatic carbocycles. The maximum atomic E-state index is 14.7. The molecule has 2 N–H and O–H groups in total. The molecule has 1 saturated heterocycles. The lowest BCUT2D eigenvalue weighted by molar-refractivity contribution is 0.0562. The van der Waals surface area contributed by atoms with Crippen LogP contribution in [0.25, 0.3) is 11.0 Å². The summed E-state index contributed by atoms with van der Waals surface area (Å²) in [6, 6.07) is 9.19. The second kappa shape index (κ2) is 7.56. The summed E-state index contributed by atoms with van der Waals surface area (Å²) in [6.45, 7) is 3.06. The summed E-state index contributed by atoms with van der Waals surface area (Å²) in [5.74, 6) is 0.445. The van der Waals surface area contributed by atoms with Gasteiger partial charge in [-0.05, 0) is 36.2 Å². The van der Waals surface area contributed by atoms with Crippen LogP contribution in [0.2, 0.25) is 0 Å². The molecule has 3 aromatic rings. The fourth-order valence-corrected chi connectivity index (χ4v) is 5.43. The van der Waals surface area contributed by atoms with Crippen LogP contribution < -0.4 is 15.6 Å². The number of ether oxygens (including phenoxy) is 1. The van der Waals surface area contributed by atoms with Crippen molar-refractivity contribution in [2.24, 2.45) is 0 Å². The number of halogens is 1. The Balaban J connectivity index is 1.15. The van der Waals surface area contributed by atoms with E-state index in [1.54, 1.807) is 10.6 Å². The number of nitrogens with one attached hydrogen (secondary N) is 1. The molecular formula is C24H25FN4O3. The molecule has 0 saturated carbocycles. The van der Waals surface area contributed by atoms with Gasteiger partial charge in [-0.3, -0.25) is 14.7 Å². The third-order valence-electron chi connectivity index (χ3n) is 6.99. The van der Waals surface area contributed by atoms with Gasteiger partial charge in [-0.2, -0.15) is 0 Å². The first-order valence-corrected chi connectivity index (χ1v) is 11.2. The summed E-state index contributed by atoms with van der Waals surface area (Å²) >= 11 is 0. The number of hydrogen-bond acceptors (Lipinski definition) is 6. The monoisotopic (exact) mass is 436 g/mol. The van der Waals surface area contributed by atoms with Crippen LogP contribution in [0.15, 0.2) is 41.3 Å². The molecule has 166 valence electrons. The molecule has 0 bridgehead atoms. The minimum Gasteiger partial charge on any atom is -0.493 e. The van der Waals surface area contributed by atoms with Crippen LogP contribution in [0, 0.1) is 5.82 Å². The lowest BCUT2D eigenvalue weighted by Crippen LogP contribution is -2.50. The van der Waals surface area contributed by atoms with Gasteiger partial charge in [-0.15, -0.1) is 0 Å². The van der Waals surface area contributed by atoms with Gasteiger partial charge >= 0.3 is 0 Å². The summed E-state index contributed by atoms with van der Waals surface area (Å²) < 4.78 is 21.9. The summed E-state index contributed by atoms with van der Waals surface area (Å²) in [7, 11) is 0. The fourth-order valence-electron chi connectivity index (χ4n) is 5.43. The molecule has 1 aromatic carbocycles. The van der Waals surface area contributed by atoms with Crippen LogP contribution >= 0.6 is 0 Å². The number of nitrogens with zero attached hydrogens (tertiary/aromatic N) is 3. The van der Waals surface area contributed by atoms with E-state index in [0.717, 1.165) is 37.4 Å². The molecule has 3 aliphatic heterocycles. The fraction of sp³-hybridized carbons (Fsp3) is 0.417. The van der Waals surface area contributed by atoms with Gasteiger partial charge in [0, 0.05) is 55.8 Å². The van der Waals surface area contributed by atoms with Crippen LogP contribution in [0.3, 0.4) is 0 Å². The van der Waals surface area contributed by atoms with Crippen molar-refractivity contribution in [3.8, 4) is 5.75 Å². The third kappa shape index (κ3) is 3.25. The molecule has 8 heteroatoms. The van der Waals surface area contributed by atoms with Crippen LogP contribution in [-0.2, 0) is 13.0 Å². The smallest absolute Gasteiger partial charge is 0.251 e. The minimum absolute atomic E-state index is 0.0422. The second-order valence-electron chi connectivity index (χ2n) is 9.02. The number of anilines is 1. The van der Waals surface area contributed by atoms with E-state index in [1.807, 2.05) is 12.1 Å². The van der Waals surface area contributed by atoms with Crippen LogP contribution in [0.5, 0.6) is 5.75 Å². The van der Waals surface area contributed by atoms with Gasteiger partial charge in [-0.25, -0.2) is 4.39 Å². The first-order valence-electron chi connectivity index (χ1n) is 11.2. The average Bonchev–Trinajstić information content (AvgIpc) is 3.40. The number of likely N-dealkylation sites (tertiary alicyclic amines) is 1. The lowest BCUT2D eigenvalue weighted by Gasteiger charge is -2.38. The molecule has 1 fully saturated rings. The molecule has 1 unspecified atom stereocenters. The van der Waals surface area contributed by atoms with E-state index in [0.29, 0.717) is 36.2 Å². The molecule has 5 heterocycles. The molecule has 3 atom stereocenters. The lowest BCUT2D eigenvalue weighted by atomic mass is 9.96. The Morgan fingerprint density at radius 3 is 3.03 bits per heavy atom. The first-order chi connectivity index (χ1) is 15.6. The van der Waals surface area contributed by atoms with E-state index < -0.39 is 6.10 Å². The topological polar surface area (TPSA) is 79.6 Å². The number of rotatable bonds is 4. The Hall–Kier alpha value is -2.97. The Bertz CT molecular complexity index is 1260. The molecule has 2 aromatic heterocycles. The predicted octanol–water partition coefficient (Wildman–Crippen LogP) is 2.12. The summed E-state index contributed by atoms with van der Waals surface area (Å²) in [5, 5.41) is 14.3. The number of aliphatic hydroxyl groups excluding tert-OH is 1. The van der Waals surface area contributed by atoms with Crippen molar-refractivity contribution in [1.29, 1.82) is 0 Å². The van der Waals surface area contributed by atoms with Gasteiger partial charge in [0.15, 0.2) is 0 Å². The van der Waals surface area contributed by atoms with E-state index >= 15 is 0 Å². The first kappa shape index (κ1) is 19.7. The van der Waals surface area contributed by atoms with Crippen molar-refractivity contribution in [2.75, 3.05) is 31.6 Å². The van der Waals surface area contributed by atoms with Gasteiger partial charge < -0.3 is 19.7 Å². The highest BCUT2D eigenvalue weighted by Gasteiger charge is 2.34. The minimum atomic E-state index is -0.540. The number of aliphatic hydroxyl groups is 1. The Morgan fingerprint density at radius 1 is 1.25 bits per heavy atom. The van der Waals surface area contributed by atoms with E-state index in [2.05, 4.69) is 21.3 Å². The standard InChI is InChI=1S/C24H25FN4O3/c25-17-10-26-19-2-4-22(31)29-12-15(23(17)24(19)29)11-28-7-5-18(20(30)13-28)27-16-1-3-21-14(9-16)6-8-32-21/h1-4,9-10,15,18,20,27,30H,5-8,11-13H2/t15?,18-,20+/m0/s1. The second-order valence-corrected chi connectivity index (χ2v) is 9.02. The van der Waals surface area contributed by atoms with Crippen molar-refractivity contribution >= 4 is 16.7 Å². The zero-order chi connectivity index (χ0) is 21.8. The number of β-amino-alcohol motifs (C(OH)–C–C–N with tert-alkyl or cyclic N) is 1. The Kier molecular flexibility index (Phi) is 4.66. The zero-order valence-corrected chi connectivity index (χ0v) is 17.6. The molecule has 32 heavy (non-hydrogen) atoms. The maximum Gasteiger partial charge on any atom is 0.251 e. The highest BCUT2D eigenvalue weighted by Crippen LogP contribution is 2.35. The SMILES string of the molecule is O=c1ccc2ncc(F)c3c2n1CC3CN1CC[C@H](Nc2ccc3c(c2)CCO3)[C@H](O)C1. The van der Waals surface area contributed by atoms with Gasteiger partial charge in [0.25, 0.3) is 5.56 Å². The van der Waals surface area contributed by atoms with Crippen LogP contribution in [-0.4, -0.2) is 57.9 Å². The number of benzene rings is 1. The molecule has 3 aliphatic rings. The normalized spacial score (nSPS) is 24.5. The quantitative estimate of drug-likeness (QED) is 0.652. The van der Waals surface area contributed by atoms with Gasteiger partial charge in [0.2, 0.25) is 0 Å². The molecule has 0 spiro atoms. The Labute approximate surface area is 184 Å². The van der Waals surface area contributed by atoms with E-state index in [4.69, 9.17) is 4.74 Å². The van der Waals surface area contributed by atoms with Gasteiger partial charge in [0.1, 0.15) is 11.6 Å². The van der Waals surface area contributed by atoms with Gasteiger partial charge in [0.05, 0.1) is 36.0 Å². The third-order valence-corrected chi connectivity index (χ3v) is 6.99.